The van der Waals surface area contributed by atoms with Crippen LogP contribution in [0.1, 0.15) is 74.4 Å². The summed E-state index contributed by atoms with van der Waals surface area (Å²) in [5.74, 6) is 1.44. The van der Waals surface area contributed by atoms with Gasteiger partial charge in [0.2, 0.25) is 0 Å². The summed E-state index contributed by atoms with van der Waals surface area (Å²) in [6.07, 6.45) is 4.56. The van der Waals surface area contributed by atoms with E-state index in [0.29, 0.717) is 24.5 Å². The Morgan fingerprint density at radius 1 is 1.27 bits per heavy atom. The Morgan fingerprint density at radius 3 is 2.81 bits per heavy atom. The van der Waals surface area contributed by atoms with Crippen molar-refractivity contribution in [3.8, 4) is 0 Å². The number of aromatic amines is 1. The molecule has 0 radical (unpaired) electrons. The number of hydrogen-bond acceptors (Lipinski definition) is 7. The van der Waals surface area contributed by atoms with Crippen molar-refractivity contribution in [1.82, 2.24) is 30.1 Å². The molecule has 5 rings (SSSR count). The number of aromatic nitrogens is 5. The van der Waals surface area contributed by atoms with Crippen LogP contribution in [0.25, 0.3) is 10.9 Å². The van der Waals surface area contributed by atoms with Crippen LogP contribution in [-0.4, -0.2) is 49.3 Å². The molecule has 4 heterocycles. The van der Waals surface area contributed by atoms with E-state index in [-0.39, 0.29) is 17.2 Å². The first-order chi connectivity index (χ1) is 17.8. The Kier molecular flexibility index (Phi) is 7.00. The Hall–Kier alpha value is -3.30. The lowest BCUT2D eigenvalue weighted by Crippen LogP contribution is -2.41. The molecule has 2 atom stereocenters. The summed E-state index contributed by atoms with van der Waals surface area (Å²) >= 11 is 0. The molecule has 1 N–H and O–H groups in total. The van der Waals surface area contributed by atoms with E-state index < -0.39 is 6.04 Å². The minimum absolute atomic E-state index is 0.0602. The van der Waals surface area contributed by atoms with Crippen molar-refractivity contribution in [2.75, 3.05) is 13.2 Å². The van der Waals surface area contributed by atoms with Crippen LogP contribution in [0, 0.1) is 13.8 Å². The zero-order valence-electron chi connectivity index (χ0n) is 22.3. The van der Waals surface area contributed by atoms with E-state index in [4.69, 9.17) is 9.15 Å². The highest BCUT2D eigenvalue weighted by molar-refractivity contribution is 5.83. The van der Waals surface area contributed by atoms with E-state index in [1.165, 1.54) is 0 Å². The molecule has 0 spiro atoms. The summed E-state index contributed by atoms with van der Waals surface area (Å²) < 4.78 is 13.7. The third-order valence-electron chi connectivity index (χ3n) is 7.56. The van der Waals surface area contributed by atoms with Crippen LogP contribution in [-0.2, 0) is 16.8 Å². The van der Waals surface area contributed by atoms with Crippen LogP contribution in [0.4, 0.5) is 0 Å². The van der Waals surface area contributed by atoms with E-state index in [1.54, 1.807) is 6.26 Å². The molecule has 0 amide bonds. The van der Waals surface area contributed by atoms with Crippen molar-refractivity contribution in [2.45, 2.75) is 78.1 Å². The average Bonchev–Trinajstić information content (AvgIpc) is 3.64. The molecule has 4 aromatic rings. The van der Waals surface area contributed by atoms with Gasteiger partial charge in [0.1, 0.15) is 11.8 Å². The van der Waals surface area contributed by atoms with Gasteiger partial charge in [-0.3, -0.25) is 9.69 Å². The molecule has 196 valence electrons. The lowest BCUT2D eigenvalue weighted by molar-refractivity contribution is 0.0534. The summed E-state index contributed by atoms with van der Waals surface area (Å²) in [6, 6.07) is 9.52. The number of H-pyrrole nitrogens is 1. The van der Waals surface area contributed by atoms with Gasteiger partial charge in [0, 0.05) is 18.7 Å². The molecule has 1 fully saturated rings. The average molecular weight is 505 g/mol. The van der Waals surface area contributed by atoms with Gasteiger partial charge in [0.05, 0.1) is 30.0 Å². The number of hydrogen-bond donors (Lipinski definition) is 1. The molecule has 1 saturated heterocycles. The van der Waals surface area contributed by atoms with Crippen LogP contribution in [0.5, 0.6) is 0 Å². The normalized spacial score (nSPS) is 17.2. The summed E-state index contributed by atoms with van der Waals surface area (Å²) in [7, 11) is 0. The Balaban J connectivity index is 1.72. The van der Waals surface area contributed by atoms with Crippen molar-refractivity contribution >= 4 is 10.9 Å². The van der Waals surface area contributed by atoms with E-state index in [9.17, 15) is 4.79 Å². The zero-order valence-corrected chi connectivity index (χ0v) is 22.3. The van der Waals surface area contributed by atoms with Gasteiger partial charge in [0.25, 0.3) is 5.56 Å². The van der Waals surface area contributed by atoms with Gasteiger partial charge >= 0.3 is 0 Å². The molecule has 1 aliphatic rings. The van der Waals surface area contributed by atoms with E-state index in [1.807, 2.05) is 29.8 Å². The number of benzene rings is 1. The molecule has 0 unspecified atom stereocenters. The Morgan fingerprint density at radius 2 is 2.11 bits per heavy atom. The smallest absolute Gasteiger partial charge is 0.253 e. The van der Waals surface area contributed by atoms with Crippen LogP contribution in [0.3, 0.4) is 0 Å². The quantitative estimate of drug-likeness (QED) is 0.354. The lowest BCUT2D eigenvalue weighted by atomic mass is 9.98. The van der Waals surface area contributed by atoms with Crippen LogP contribution in [0.2, 0.25) is 0 Å². The standard InChI is InChI=1S/C28H36N6O3/c1-6-28(4,5)34-26(30-31-32-34)25(23-15-20-14-18(2)13-19(3)24(20)29-27(23)35)33(16-21-9-7-11-36-21)17-22-10-8-12-37-22/h7,9,11,13-15,22,25H,6,8,10,12,16-17H2,1-5H3,(H,29,35)/t22-,25+/m1/s1. The van der Waals surface area contributed by atoms with Gasteiger partial charge in [-0.1, -0.05) is 18.6 Å². The summed E-state index contributed by atoms with van der Waals surface area (Å²) in [5, 5.41) is 14.0. The SMILES string of the molecule is CCC(C)(C)n1nnnc1[C@H](c1cc2cc(C)cc(C)c2[nH]c1=O)N(Cc1ccco1)C[C@H]1CCCO1. The number of tetrazole rings is 1. The minimum atomic E-state index is -0.510. The number of aryl methyl sites for hydroxylation is 2. The molecule has 3 aromatic heterocycles. The van der Waals surface area contributed by atoms with Crippen molar-refractivity contribution in [3.05, 3.63) is 75.2 Å². The fourth-order valence-electron chi connectivity index (χ4n) is 5.27. The number of furan rings is 1. The second-order valence-corrected chi connectivity index (χ2v) is 10.8. The predicted molar refractivity (Wildman–Crippen MR) is 141 cm³/mol. The zero-order chi connectivity index (χ0) is 26.2. The lowest BCUT2D eigenvalue weighted by Gasteiger charge is -2.34. The fraction of sp³-hybridized carbons (Fsp3) is 0.500. The van der Waals surface area contributed by atoms with Crippen LogP contribution < -0.4 is 5.56 Å². The van der Waals surface area contributed by atoms with Crippen LogP contribution >= 0.6 is 0 Å². The monoisotopic (exact) mass is 504 g/mol. The second-order valence-electron chi connectivity index (χ2n) is 10.8. The topological polar surface area (TPSA) is 102 Å². The highest BCUT2D eigenvalue weighted by atomic mass is 16.5. The largest absolute Gasteiger partial charge is 0.468 e. The van der Waals surface area contributed by atoms with E-state index in [2.05, 4.69) is 65.2 Å². The summed E-state index contributed by atoms with van der Waals surface area (Å²) in [6.45, 7) is 12.3. The summed E-state index contributed by atoms with van der Waals surface area (Å²) in [4.78, 5) is 19.2. The van der Waals surface area contributed by atoms with Crippen molar-refractivity contribution in [3.63, 3.8) is 0 Å². The first-order valence-electron chi connectivity index (χ1n) is 13.1. The van der Waals surface area contributed by atoms with E-state index in [0.717, 1.165) is 53.7 Å². The first kappa shape index (κ1) is 25.4. The van der Waals surface area contributed by atoms with Gasteiger partial charge in [-0.05, 0) is 92.6 Å². The number of rotatable bonds is 9. The third-order valence-corrected chi connectivity index (χ3v) is 7.56. The predicted octanol–water partition coefficient (Wildman–Crippen LogP) is 4.64. The molecule has 0 saturated carbocycles. The molecule has 0 bridgehead atoms. The van der Waals surface area contributed by atoms with Gasteiger partial charge in [-0.2, -0.15) is 0 Å². The molecule has 1 aromatic carbocycles. The van der Waals surface area contributed by atoms with Gasteiger partial charge in [0.15, 0.2) is 5.82 Å². The highest BCUT2D eigenvalue weighted by Crippen LogP contribution is 2.33. The van der Waals surface area contributed by atoms with E-state index >= 15 is 0 Å². The Bertz CT molecular complexity index is 1420. The third kappa shape index (κ3) is 5.10. The maximum absolute atomic E-state index is 13.8. The fourth-order valence-corrected chi connectivity index (χ4v) is 5.27. The molecule has 37 heavy (non-hydrogen) atoms. The second kappa shape index (κ2) is 10.2. The molecule has 9 nitrogen and oxygen atoms in total. The van der Waals surface area contributed by atoms with Gasteiger partial charge in [-0.15, -0.1) is 5.10 Å². The minimum Gasteiger partial charge on any atom is -0.468 e. The maximum Gasteiger partial charge on any atom is 0.253 e. The van der Waals surface area contributed by atoms with Crippen molar-refractivity contribution < 1.29 is 9.15 Å². The van der Waals surface area contributed by atoms with Gasteiger partial charge in [-0.25, -0.2) is 4.68 Å². The first-order valence-corrected chi connectivity index (χ1v) is 13.1. The highest BCUT2D eigenvalue weighted by Gasteiger charge is 2.36. The molecular formula is C28H36N6O3. The van der Waals surface area contributed by atoms with Crippen LogP contribution in [0.15, 0.2) is 45.8 Å². The Labute approximate surface area is 216 Å². The van der Waals surface area contributed by atoms with Crippen molar-refractivity contribution in [1.29, 1.82) is 0 Å². The molecule has 1 aliphatic heterocycles. The number of ether oxygens (including phenoxy) is 1. The number of nitrogens with one attached hydrogen (secondary N) is 1. The molecule has 9 heteroatoms. The number of nitrogens with zero attached hydrogens (tertiary/aromatic N) is 5. The van der Waals surface area contributed by atoms with Crippen molar-refractivity contribution in [2.24, 2.45) is 0 Å². The summed E-state index contributed by atoms with van der Waals surface area (Å²) in [5.41, 5.74) is 3.15. The number of fused-ring (bicyclic) bond motifs is 1. The number of pyridine rings is 1. The molecular weight excluding hydrogens is 468 g/mol. The maximum atomic E-state index is 13.8. The van der Waals surface area contributed by atoms with Gasteiger partial charge < -0.3 is 14.1 Å². The molecule has 0 aliphatic carbocycles.